The molecular weight excluding hydrogens is 342 g/mol. The maximum Gasteiger partial charge on any atom is 0.209 e. The Kier molecular flexibility index (Phi) is 3.77. The molecule has 2 saturated heterocycles. The van der Waals surface area contributed by atoms with Gasteiger partial charge in [-0.3, -0.25) is 0 Å². The van der Waals surface area contributed by atoms with Crippen LogP contribution < -0.4 is 5.73 Å². The predicted octanol–water partition coefficient (Wildman–Crippen LogP) is 2.19. The fraction of sp³-hybridized carbons (Fsp3) is 0.688. The molecular formula is C16H23N5O3S. The lowest BCUT2D eigenvalue weighted by atomic mass is 9.90. The van der Waals surface area contributed by atoms with Crippen LogP contribution in [0.4, 0.5) is 5.82 Å². The summed E-state index contributed by atoms with van der Waals surface area (Å²) in [7, 11) is 0. The largest absolute Gasteiger partial charge is 0.380 e. The van der Waals surface area contributed by atoms with Gasteiger partial charge in [-0.25, -0.2) is 14.5 Å². The molecule has 136 valence electrons. The van der Waals surface area contributed by atoms with Gasteiger partial charge in [0.15, 0.2) is 17.3 Å². The fourth-order valence-electron chi connectivity index (χ4n) is 3.90. The van der Waals surface area contributed by atoms with Gasteiger partial charge in [-0.2, -0.15) is 0 Å². The average molecular weight is 365 g/mol. The van der Waals surface area contributed by atoms with Crippen LogP contribution in [-0.2, 0) is 14.2 Å². The lowest BCUT2D eigenvalue weighted by Gasteiger charge is -2.29. The monoisotopic (exact) mass is 365 g/mol. The Morgan fingerprint density at radius 3 is 2.80 bits per heavy atom. The number of anilines is 1. The second-order valence-corrected chi connectivity index (χ2v) is 7.86. The third-order valence-electron chi connectivity index (χ3n) is 4.86. The van der Waals surface area contributed by atoms with E-state index < -0.39 is 11.4 Å². The highest BCUT2D eigenvalue weighted by Crippen LogP contribution is 2.53. The molecule has 25 heavy (non-hydrogen) atoms. The molecule has 2 aliphatic heterocycles. The van der Waals surface area contributed by atoms with Crippen molar-refractivity contribution in [2.75, 3.05) is 12.0 Å². The minimum absolute atomic E-state index is 0.0541. The van der Waals surface area contributed by atoms with E-state index in [4.69, 9.17) is 19.9 Å². The van der Waals surface area contributed by atoms with Crippen molar-refractivity contribution in [2.24, 2.45) is 0 Å². The van der Waals surface area contributed by atoms with Crippen LogP contribution in [0.25, 0.3) is 5.65 Å². The Bertz CT molecular complexity index is 825. The summed E-state index contributed by atoms with van der Waals surface area (Å²) in [5.74, 6) is -0.311. The van der Waals surface area contributed by atoms with E-state index in [0.717, 1.165) is 12.1 Å². The highest BCUT2D eigenvalue weighted by molar-refractivity contribution is 7.98. The fourth-order valence-corrected chi connectivity index (χ4v) is 4.25. The van der Waals surface area contributed by atoms with Gasteiger partial charge in [-0.05, 0) is 33.4 Å². The molecule has 2 aromatic heterocycles. The molecule has 0 aromatic carbocycles. The van der Waals surface area contributed by atoms with Crippen molar-refractivity contribution in [3.63, 3.8) is 0 Å². The second-order valence-electron chi connectivity index (χ2n) is 7.09. The third-order valence-corrected chi connectivity index (χ3v) is 5.40. The molecule has 2 N–H and O–H groups in total. The zero-order chi connectivity index (χ0) is 18.0. The summed E-state index contributed by atoms with van der Waals surface area (Å²) in [4.78, 5) is 8.65. The number of aromatic nitrogens is 4. The molecule has 0 saturated carbocycles. The van der Waals surface area contributed by atoms with E-state index in [2.05, 4.69) is 22.0 Å². The van der Waals surface area contributed by atoms with Crippen molar-refractivity contribution in [2.45, 2.75) is 69.0 Å². The van der Waals surface area contributed by atoms with Crippen LogP contribution in [0.1, 0.15) is 45.9 Å². The molecule has 4 rings (SSSR count). The molecule has 0 unspecified atom stereocenters. The summed E-state index contributed by atoms with van der Waals surface area (Å²) in [5.41, 5.74) is 6.73. The van der Waals surface area contributed by atoms with Crippen LogP contribution in [0.3, 0.4) is 0 Å². The smallest absolute Gasteiger partial charge is 0.209 e. The van der Waals surface area contributed by atoms with Crippen molar-refractivity contribution in [3.05, 3.63) is 11.9 Å². The van der Waals surface area contributed by atoms with Gasteiger partial charge >= 0.3 is 0 Å². The number of hydrogen-bond acceptors (Lipinski definition) is 8. The van der Waals surface area contributed by atoms with Crippen molar-refractivity contribution >= 4 is 23.2 Å². The normalized spacial score (nSPS) is 33.9. The molecule has 2 fully saturated rings. The molecule has 2 aliphatic rings. The van der Waals surface area contributed by atoms with Crippen molar-refractivity contribution in [1.82, 2.24) is 19.6 Å². The van der Waals surface area contributed by atoms with E-state index in [1.807, 2.05) is 27.0 Å². The van der Waals surface area contributed by atoms with E-state index in [1.54, 1.807) is 10.7 Å². The molecule has 0 amide bonds. The van der Waals surface area contributed by atoms with Crippen molar-refractivity contribution in [3.8, 4) is 0 Å². The molecule has 0 bridgehead atoms. The van der Waals surface area contributed by atoms with Crippen LogP contribution in [0.5, 0.6) is 0 Å². The topological polar surface area (TPSA) is 96.8 Å². The summed E-state index contributed by atoms with van der Waals surface area (Å²) in [6, 6.07) is 0. The molecule has 0 aliphatic carbocycles. The molecule has 0 radical (unpaired) electrons. The Balaban J connectivity index is 1.84. The van der Waals surface area contributed by atoms with Crippen LogP contribution in [0.15, 0.2) is 11.4 Å². The van der Waals surface area contributed by atoms with Crippen LogP contribution in [0.2, 0.25) is 0 Å². The zero-order valence-corrected chi connectivity index (χ0v) is 15.8. The predicted molar refractivity (Wildman–Crippen MR) is 93.3 cm³/mol. The van der Waals surface area contributed by atoms with E-state index in [1.165, 1.54) is 11.8 Å². The first-order valence-electron chi connectivity index (χ1n) is 8.37. The van der Waals surface area contributed by atoms with Gasteiger partial charge in [0.05, 0.1) is 18.0 Å². The quantitative estimate of drug-likeness (QED) is 0.827. The van der Waals surface area contributed by atoms with Crippen molar-refractivity contribution in [1.29, 1.82) is 0 Å². The SMILES string of the molecule is CC[C@H]1O[C@@H](c2cnc3c(N)nc(SC)nn23)[C@]2(C)OC(C)(C)O[C@H]12. The molecule has 4 atom stereocenters. The summed E-state index contributed by atoms with van der Waals surface area (Å²) >= 11 is 1.43. The molecule has 8 nitrogen and oxygen atoms in total. The maximum atomic E-state index is 6.32. The highest BCUT2D eigenvalue weighted by atomic mass is 32.2. The van der Waals surface area contributed by atoms with Gasteiger partial charge in [0, 0.05) is 0 Å². The maximum absolute atomic E-state index is 6.32. The number of nitrogen functional groups attached to an aromatic ring is 1. The van der Waals surface area contributed by atoms with Gasteiger partial charge in [-0.1, -0.05) is 18.7 Å². The standard InChI is InChI=1S/C16H23N5O3S/c1-6-9-11-16(4,24-15(2,3)23-11)10(22-9)8-7-18-13-12(17)19-14(25-5)20-21(8)13/h7,9-11H,6H2,1-5H3,(H2,17,19,20)/t9-,10+,11-,16+/m1/s1. The average Bonchev–Trinajstić information content (AvgIpc) is 3.14. The van der Waals surface area contributed by atoms with E-state index in [-0.39, 0.29) is 18.3 Å². The Labute approximate surface area is 150 Å². The van der Waals surface area contributed by atoms with Crippen LogP contribution >= 0.6 is 11.8 Å². The summed E-state index contributed by atoms with van der Waals surface area (Å²) in [5, 5.41) is 5.12. The van der Waals surface area contributed by atoms with E-state index in [9.17, 15) is 0 Å². The lowest BCUT2D eigenvalue weighted by molar-refractivity contribution is -0.204. The first-order valence-corrected chi connectivity index (χ1v) is 9.60. The van der Waals surface area contributed by atoms with Crippen LogP contribution in [0, 0.1) is 0 Å². The van der Waals surface area contributed by atoms with Crippen molar-refractivity contribution < 1.29 is 14.2 Å². The first-order chi connectivity index (χ1) is 11.8. The summed E-state index contributed by atoms with van der Waals surface area (Å²) in [6.07, 6.45) is 3.92. The van der Waals surface area contributed by atoms with Gasteiger partial charge in [0.1, 0.15) is 17.8 Å². The molecule has 4 heterocycles. The minimum atomic E-state index is -0.659. The highest BCUT2D eigenvalue weighted by Gasteiger charge is 2.63. The third kappa shape index (κ3) is 2.44. The molecule has 2 aromatic rings. The van der Waals surface area contributed by atoms with Gasteiger partial charge in [0.2, 0.25) is 5.16 Å². The Hall–Kier alpha value is -1.42. The summed E-state index contributed by atoms with van der Waals surface area (Å²) < 4.78 is 20.5. The zero-order valence-electron chi connectivity index (χ0n) is 15.0. The van der Waals surface area contributed by atoms with Crippen LogP contribution in [-0.4, -0.2) is 49.4 Å². The number of fused-ring (bicyclic) bond motifs is 2. The Morgan fingerprint density at radius 2 is 2.12 bits per heavy atom. The number of nitrogens with zero attached hydrogens (tertiary/aromatic N) is 4. The van der Waals surface area contributed by atoms with Gasteiger partial charge < -0.3 is 19.9 Å². The van der Waals surface area contributed by atoms with E-state index in [0.29, 0.717) is 16.6 Å². The number of imidazole rings is 1. The number of rotatable bonds is 3. The van der Waals surface area contributed by atoms with E-state index >= 15 is 0 Å². The molecule has 0 spiro atoms. The number of nitrogens with two attached hydrogens (primary N) is 1. The lowest BCUT2D eigenvalue weighted by Crippen LogP contribution is -2.40. The molecule has 9 heteroatoms. The number of hydrogen-bond donors (Lipinski definition) is 1. The second kappa shape index (κ2) is 5.54. The number of ether oxygens (including phenoxy) is 3. The number of thioether (sulfide) groups is 1. The Morgan fingerprint density at radius 1 is 1.36 bits per heavy atom. The summed E-state index contributed by atoms with van der Waals surface area (Å²) in [6.45, 7) is 7.98. The van der Waals surface area contributed by atoms with Gasteiger partial charge in [-0.15, -0.1) is 5.10 Å². The minimum Gasteiger partial charge on any atom is -0.380 e. The first kappa shape index (κ1) is 17.0. The van der Waals surface area contributed by atoms with Gasteiger partial charge in [0.25, 0.3) is 0 Å².